The van der Waals surface area contributed by atoms with Crippen LogP contribution in [0.4, 0.5) is 0 Å². The molecule has 3 amide bonds. The van der Waals surface area contributed by atoms with Crippen LogP contribution in [0.5, 0.6) is 0 Å². The number of para-hydroxylation sites is 1. The van der Waals surface area contributed by atoms with Gasteiger partial charge in [-0.2, -0.15) is 0 Å². The van der Waals surface area contributed by atoms with Crippen molar-refractivity contribution in [3.05, 3.63) is 54.2 Å². The number of aromatic nitrogens is 3. The van der Waals surface area contributed by atoms with E-state index in [1.165, 1.54) is 6.33 Å². The minimum absolute atomic E-state index is 0.0839. The van der Waals surface area contributed by atoms with Crippen molar-refractivity contribution in [2.24, 2.45) is 11.5 Å². The molecule has 0 bridgehead atoms. The lowest BCUT2D eigenvalue weighted by Crippen LogP contribution is -2.55. The van der Waals surface area contributed by atoms with Crippen molar-refractivity contribution < 1.29 is 24.3 Å². The fourth-order valence-electron chi connectivity index (χ4n) is 3.55. The highest BCUT2D eigenvalue weighted by Crippen LogP contribution is 2.19. The molecule has 2 aromatic heterocycles. The molecule has 3 rings (SSSR count). The predicted molar refractivity (Wildman–Crippen MR) is 122 cm³/mol. The molecule has 9 N–H and O–H groups in total. The van der Waals surface area contributed by atoms with Gasteiger partial charge in [0.25, 0.3) is 0 Å². The summed E-state index contributed by atoms with van der Waals surface area (Å²) in [6.07, 6.45) is 4.59. The second-order valence-electron chi connectivity index (χ2n) is 7.92. The number of nitrogens with one attached hydrogen (secondary N) is 4. The number of carboxylic acid groups (broad SMARTS) is 1. The van der Waals surface area contributed by atoms with Crippen LogP contribution in [0.25, 0.3) is 10.9 Å². The number of rotatable bonds is 12. The average Bonchev–Trinajstić information content (AvgIpc) is 3.45. The lowest BCUT2D eigenvalue weighted by Gasteiger charge is -2.23. The van der Waals surface area contributed by atoms with Crippen LogP contribution in [0.3, 0.4) is 0 Å². The first kappa shape index (κ1) is 24.5. The summed E-state index contributed by atoms with van der Waals surface area (Å²) in [6.45, 7) is 0. The highest BCUT2D eigenvalue weighted by atomic mass is 16.4. The number of hydrogen-bond donors (Lipinski definition) is 7. The Morgan fingerprint density at radius 2 is 1.76 bits per heavy atom. The van der Waals surface area contributed by atoms with Gasteiger partial charge in [0.2, 0.25) is 17.7 Å². The second kappa shape index (κ2) is 11.1. The van der Waals surface area contributed by atoms with Crippen LogP contribution in [0, 0.1) is 0 Å². The summed E-state index contributed by atoms with van der Waals surface area (Å²) < 4.78 is 0. The number of nitrogens with zero attached hydrogens (tertiary/aromatic N) is 1. The van der Waals surface area contributed by atoms with E-state index in [4.69, 9.17) is 11.5 Å². The van der Waals surface area contributed by atoms with Crippen molar-refractivity contribution in [3.8, 4) is 0 Å². The number of aromatic amines is 2. The van der Waals surface area contributed by atoms with E-state index in [1.807, 2.05) is 24.3 Å². The number of aliphatic carboxylic acids is 1. The summed E-state index contributed by atoms with van der Waals surface area (Å²) in [5.41, 5.74) is 13.4. The van der Waals surface area contributed by atoms with Crippen molar-refractivity contribution in [2.75, 3.05) is 0 Å². The Labute approximate surface area is 194 Å². The zero-order valence-corrected chi connectivity index (χ0v) is 18.3. The maximum absolute atomic E-state index is 13.1. The molecular formula is C22H27N7O5. The van der Waals surface area contributed by atoms with Gasteiger partial charge in [-0.3, -0.25) is 14.4 Å². The van der Waals surface area contributed by atoms with Gasteiger partial charge in [0, 0.05) is 48.3 Å². The highest BCUT2D eigenvalue weighted by molar-refractivity contribution is 5.93. The molecule has 2 heterocycles. The Morgan fingerprint density at radius 1 is 1.03 bits per heavy atom. The first-order valence-electron chi connectivity index (χ1n) is 10.6. The van der Waals surface area contributed by atoms with Crippen molar-refractivity contribution in [1.82, 2.24) is 25.6 Å². The molecule has 180 valence electrons. The number of H-pyrrole nitrogens is 2. The Bertz CT molecular complexity index is 1160. The van der Waals surface area contributed by atoms with Crippen molar-refractivity contribution >= 4 is 34.6 Å². The number of imidazole rings is 1. The van der Waals surface area contributed by atoms with E-state index in [0.29, 0.717) is 5.69 Å². The van der Waals surface area contributed by atoms with Gasteiger partial charge >= 0.3 is 5.97 Å². The average molecular weight is 470 g/mol. The maximum Gasteiger partial charge on any atom is 0.326 e. The molecule has 3 aromatic rings. The zero-order chi connectivity index (χ0) is 24.7. The molecule has 0 aliphatic heterocycles. The lowest BCUT2D eigenvalue weighted by atomic mass is 10.0. The Kier molecular flexibility index (Phi) is 7.98. The van der Waals surface area contributed by atoms with Gasteiger partial charge in [-0.25, -0.2) is 9.78 Å². The van der Waals surface area contributed by atoms with E-state index < -0.39 is 41.8 Å². The monoisotopic (exact) mass is 469 g/mol. The van der Waals surface area contributed by atoms with E-state index >= 15 is 0 Å². The molecule has 0 fully saturated rings. The van der Waals surface area contributed by atoms with E-state index in [9.17, 15) is 24.3 Å². The van der Waals surface area contributed by atoms with Crippen LogP contribution in [0.1, 0.15) is 24.1 Å². The van der Waals surface area contributed by atoms with Gasteiger partial charge in [-0.05, 0) is 18.1 Å². The Morgan fingerprint density at radius 3 is 2.44 bits per heavy atom. The third-order valence-electron chi connectivity index (χ3n) is 5.36. The molecule has 12 nitrogen and oxygen atoms in total. The van der Waals surface area contributed by atoms with Gasteiger partial charge < -0.3 is 37.2 Å². The van der Waals surface area contributed by atoms with Crippen LogP contribution in [-0.2, 0) is 32.0 Å². The van der Waals surface area contributed by atoms with Crippen molar-refractivity contribution in [1.29, 1.82) is 0 Å². The van der Waals surface area contributed by atoms with Crippen LogP contribution in [0.15, 0.2) is 43.0 Å². The molecular weight excluding hydrogens is 442 g/mol. The van der Waals surface area contributed by atoms with Crippen LogP contribution in [-0.4, -0.2) is 61.9 Å². The summed E-state index contributed by atoms with van der Waals surface area (Å²) >= 11 is 0. The summed E-state index contributed by atoms with van der Waals surface area (Å²) in [6, 6.07) is 4.02. The van der Waals surface area contributed by atoms with E-state index in [1.54, 1.807) is 12.4 Å². The number of carbonyl (C=O) groups excluding carboxylic acids is 3. The molecule has 0 spiro atoms. The van der Waals surface area contributed by atoms with Gasteiger partial charge in [-0.1, -0.05) is 18.2 Å². The van der Waals surface area contributed by atoms with Crippen LogP contribution >= 0.6 is 0 Å². The van der Waals surface area contributed by atoms with Gasteiger partial charge in [0.05, 0.1) is 12.4 Å². The number of primary amides is 1. The summed E-state index contributed by atoms with van der Waals surface area (Å²) in [5, 5.41) is 15.3. The van der Waals surface area contributed by atoms with Gasteiger partial charge in [0.15, 0.2) is 0 Å². The topological polar surface area (TPSA) is 209 Å². The second-order valence-corrected chi connectivity index (χ2v) is 7.92. The third kappa shape index (κ3) is 6.42. The van der Waals surface area contributed by atoms with Crippen molar-refractivity contribution in [3.63, 3.8) is 0 Å². The lowest BCUT2D eigenvalue weighted by molar-refractivity contribution is -0.142. The quantitative estimate of drug-likeness (QED) is 0.181. The molecule has 0 aliphatic rings. The maximum atomic E-state index is 13.1. The summed E-state index contributed by atoms with van der Waals surface area (Å²) in [5.74, 6) is -3.31. The number of benzene rings is 1. The molecule has 0 saturated heterocycles. The van der Waals surface area contributed by atoms with E-state index in [0.717, 1.165) is 16.5 Å². The van der Waals surface area contributed by atoms with E-state index in [-0.39, 0.29) is 25.7 Å². The molecule has 1 aromatic carbocycles. The Balaban J connectivity index is 1.78. The molecule has 34 heavy (non-hydrogen) atoms. The van der Waals surface area contributed by atoms with Gasteiger partial charge in [0.1, 0.15) is 12.1 Å². The van der Waals surface area contributed by atoms with Crippen LogP contribution < -0.4 is 22.1 Å². The van der Waals surface area contributed by atoms with E-state index in [2.05, 4.69) is 25.6 Å². The molecule has 0 aliphatic carbocycles. The number of amides is 3. The largest absolute Gasteiger partial charge is 0.480 e. The number of carboxylic acids is 1. The number of nitrogens with two attached hydrogens (primary N) is 2. The minimum atomic E-state index is -1.35. The number of fused-ring (bicyclic) bond motifs is 1. The predicted octanol–water partition coefficient (Wildman–Crippen LogP) is -0.677. The SMILES string of the molecule is NC(=O)CC[C@H](NC(=O)[C@H](Cc1c[nH]c2ccccc12)NC(=O)[C@@H](N)Cc1cnc[nH]1)C(=O)O. The van der Waals surface area contributed by atoms with Crippen molar-refractivity contribution in [2.45, 2.75) is 43.8 Å². The fourth-order valence-corrected chi connectivity index (χ4v) is 3.55. The molecule has 0 unspecified atom stereocenters. The highest BCUT2D eigenvalue weighted by Gasteiger charge is 2.29. The molecule has 0 saturated carbocycles. The first-order valence-corrected chi connectivity index (χ1v) is 10.6. The summed E-state index contributed by atoms with van der Waals surface area (Å²) in [4.78, 5) is 58.3. The van der Waals surface area contributed by atoms with Crippen LogP contribution in [0.2, 0.25) is 0 Å². The summed E-state index contributed by atoms with van der Waals surface area (Å²) in [7, 11) is 0. The Hall–Kier alpha value is -4.19. The zero-order valence-electron chi connectivity index (χ0n) is 18.3. The molecule has 12 heteroatoms. The first-order chi connectivity index (χ1) is 16.2. The number of hydrogen-bond acceptors (Lipinski definition) is 6. The normalized spacial score (nSPS) is 13.7. The number of carbonyl (C=O) groups is 4. The fraction of sp³-hybridized carbons (Fsp3) is 0.318. The minimum Gasteiger partial charge on any atom is -0.480 e. The molecule has 3 atom stereocenters. The third-order valence-corrected chi connectivity index (χ3v) is 5.36. The smallest absolute Gasteiger partial charge is 0.326 e. The molecule has 0 radical (unpaired) electrons. The standard InChI is InChI=1S/C22H27N7O5/c23-15(8-13-10-25-11-27-13)20(31)29-18(7-12-9-26-16-4-2-1-3-14(12)16)21(32)28-17(22(33)34)5-6-19(24)30/h1-4,9-11,15,17-18,26H,5-8,23H2,(H2,24,30)(H,25,27)(H,28,32)(H,29,31)(H,33,34)/t15-,17-,18-/m0/s1. The van der Waals surface area contributed by atoms with Gasteiger partial charge in [-0.15, -0.1) is 0 Å².